The Morgan fingerprint density at radius 2 is 0.527 bits per heavy atom. The van der Waals surface area contributed by atoms with Crippen LogP contribution in [0.5, 0.6) is 0 Å². The molecule has 0 aromatic carbocycles. The van der Waals surface area contributed by atoms with Gasteiger partial charge in [0.2, 0.25) is 0 Å². The number of carbonyl (C=O) groups excluding carboxylic acids is 4. The van der Waals surface area contributed by atoms with Crippen molar-refractivity contribution in [3.63, 3.8) is 0 Å². The highest BCUT2D eigenvalue weighted by molar-refractivity contribution is 7.47. The molecule has 6 atom stereocenters. The van der Waals surface area contributed by atoms with E-state index in [-0.39, 0.29) is 25.7 Å². The van der Waals surface area contributed by atoms with Gasteiger partial charge in [0.15, 0.2) is 12.2 Å². The maximum Gasteiger partial charge on any atom is 0.472 e. The molecule has 0 saturated heterocycles. The maximum absolute atomic E-state index is 13.0. The highest BCUT2D eigenvalue weighted by atomic mass is 31.2. The summed E-state index contributed by atoms with van der Waals surface area (Å²) in [7, 11) is -9.90. The van der Waals surface area contributed by atoms with Gasteiger partial charge in [0.25, 0.3) is 0 Å². The third-order valence-electron chi connectivity index (χ3n) is 16.9. The lowest BCUT2D eigenvalue weighted by Crippen LogP contribution is -2.30. The normalized spacial score (nSPS) is 14.5. The second kappa shape index (κ2) is 61.6. The minimum absolute atomic E-state index is 0.102. The minimum Gasteiger partial charge on any atom is -0.462 e. The Labute approximate surface area is 556 Å². The van der Waals surface area contributed by atoms with Crippen LogP contribution in [0.25, 0.3) is 0 Å². The van der Waals surface area contributed by atoms with Gasteiger partial charge < -0.3 is 33.8 Å². The molecule has 540 valence electrons. The number of ether oxygens (including phenoxy) is 4. The van der Waals surface area contributed by atoms with Gasteiger partial charge in [-0.1, -0.05) is 306 Å². The van der Waals surface area contributed by atoms with E-state index < -0.39 is 97.5 Å². The van der Waals surface area contributed by atoms with Crippen LogP contribution < -0.4 is 0 Å². The molecule has 3 N–H and O–H groups in total. The van der Waals surface area contributed by atoms with Crippen molar-refractivity contribution < 1.29 is 80.2 Å². The lowest BCUT2D eigenvalue weighted by Gasteiger charge is -2.21. The first-order valence-corrected chi connectivity index (χ1v) is 40.2. The van der Waals surface area contributed by atoms with E-state index in [0.717, 1.165) is 108 Å². The zero-order valence-electron chi connectivity index (χ0n) is 59.5. The van der Waals surface area contributed by atoms with E-state index >= 15 is 0 Å². The lowest BCUT2D eigenvalue weighted by atomic mass is 10.00. The van der Waals surface area contributed by atoms with Crippen molar-refractivity contribution in [2.75, 3.05) is 39.6 Å². The summed E-state index contributed by atoms with van der Waals surface area (Å²) in [6.07, 6.45) is 44.9. The van der Waals surface area contributed by atoms with E-state index in [1.165, 1.54) is 154 Å². The summed E-state index contributed by atoms with van der Waals surface area (Å²) in [5.74, 6) is 0.810. The lowest BCUT2D eigenvalue weighted by molar-refractivity contribution is -0.161. The molecule has 0 spiro atoms. The zero-order valence-corrected chi connectivity index (χ0v) is 61.3. The highest BCUT2D eigenvalue weighted by Crippen LogP contribution is 2.45. The van der Waals surface area contributed by atoms with Gasteiger partial charge in [0.1, 0.15) is 19.3 Å². The van der Waals surface area contributed by atoms with Crippen molar-refractivity contribution in [3.05, 3.63) is 0 Å². The van der Waals surface area contributed by atoms with Gasteiger partial charge >= 0.3 is 39.5 Å². The summed E-state index contributed by atoms with van der Waals surface area (Å²) < 4.78 is 68.2. The Balaban J connectivity index is 5.13. The third kappa shape index (κ3) is 65.1. The standard InChI is InChI=1S/C72H140O17P2/c1-9-65(8)51-43-35-30-31-39-47-55-72(77)89-68(59-82-69(74)52-44-36-27-21-19-17-15-13-11-10-12-14-16-18-20-24-32-40-48-62(2)3)61-87-91(80,81)85-57-66(73)56-84-90(78,79)86-60-67(88-71(76)54-46-38-29-23-26-34-42-50-64(6)7)58-83-70(75)53-45-37-28-22-25-33-41-49-63(4)5/h62-68,73H,9-61H2,1-8H3,(H,78,79)(H,80,81)/t65?,66?,67-,68-/m1/s1. The Morgan fingerprint density at radius 1 is 0.308 bits per heavy atom. The third-order valence-corrected chi connectivity index (χ3v) is 18.8. The van der Waals surface area contributed by atoms with Crippen LogP contribution in [0.4, 0.5) is 0 Å². The van der Waals surface area contributed by atoms with Gasteiger partial charge in [-0.2, -0.15) is 0 Å². The van der Waals surface area contributed by atoms with Gasteiger partial charge in [-0.15, -0.1) is 0 Å². The SMILES string of the molecule is CCC(C)CCCCCCCCC(=O)O[C@H](COC(=O)CCCCCCCCCCCCCCCCCCCCC(C)C)COP(=O)(O)OCC(O)COP(=O)(O)OC[C@@H](COC(=O)CCCCCCCCCC(C)C)OC(=O)CCCCCCCCCC(C)C. The molecule has 17 nitrogen and oxygen atoms in total. The molecule has 19 heteroatoms. The molecule has 0 aromatic heterocycles. The van der Waals surface area contributed by atoms with Crippen molar-refractivity contribution in [3.8, 4) is 0 Å². The first kappa shape index (κ1) is 89.1. The Hall–Kier alpha value is -1.94. The number of esters is 4. The molecular formula is C72H140O17P2. The predicted octanol–water partition coefficient (Wildman–Crippen LogP) is 20.5. The molecule has 0 bridgehead atoms. The Kier molecular flexibility index (Phi) is 60.3. The molecule has 91 heavy (non-hydrogen) atoms. The largest absolute Gasteiger partial charge is 0.472 e. The van der Waals surface area contributed by atoms with Crippen LogP contribution >= 0.6 is 15.6 Å². The van der Waals surface area contributed by atoms with Crippen molar-refractivity contribution in [1.82, 2.24) is 0 Å². The molecule has 0 radical (unpaired) electrons. The average Bonchev–Trinajstić information content (AvgIpc) is 3.72. The minimum atomic E-state index is -4.95. The highest BCUT2D eigenvalue weighted by Gasteiger charge is 2.30. The Morgan fingerprint density at radius 3 is 0.780 bits per heavy atom. The molecule has 0 saturated carbocycles. The fraction of sp³-hybridized carbons (Fsp3) is 0.944. The first-order chi connectivity index (χ1) is 43.6. The molecule has 0 heterocycles. The topological polar surface area (TPSA) is 237 Å². The monoisotopic (exact) mass is 1340 g/mol. The molecule has 0 aliphatic heterocycles. The molecular weight excluding hydrogens is 1200 g/mol. The fourth-order valence-corrected chi connectivity index (χ4v) is 12.4. The summed E-state index contributed by atoms with van der Waals surface area (Å²) in [5, 5.41) is 10.6. The number of carbonyl (C=O) groups is 4. The van der Waals surface area contributed by atoms with Gasteiger partial charge in [0, 0.05) is 25.7 Å². The van der Waals surface area contributed by atoms with Crippen LogP contribution in [0.15, 0.2) is 0 Å². The van der Waals surface area contributed by atoms with E-state index in [0.29, 0.717) is 37.5 Å². The second-order valence-corrected chi connectivity index (χ2v) is 30.6. The molecule has 0 rings (SSSR count). The van der Waals surface area contributed by atoms with Crippen LogP contribution in [-0.4, -0.2) is 96.7 Å². The number of aliphatic hydroxyl groups excluding tert-OH is 1. The number of unbranched alkanes of at least 4 members (excludes halogenated alkanes) is 34. The second-order valence-electron chi connectivity index (χ2n) is 27.6. The van der Waals surface area contributed by atoms with E-state index in [2.05, 4.69) is 55.4 Å². The van der Waals surface area contributed by atoms with Crippen molar-refractivity contribution >= 4 is 39.5 Å². The first-order valence-electron chi connectivity index (χ1n) is 37.2. The molecule has 0 aliphatic rings. The average molecular weight is 1340 g/mol. The van der Waals surface area contributed by atoms with E-state index in [9.17, 15) is 43.2 Å². The van der Waals surface area contributed by atoms with E-state index in [1.54, 1.807) is 0 Å². The smallest absolute Gasteiger partial charge is 0.462 e. The summed E-state index contributed by atoms with van der Waals surface area (Å²) in [6, 6.07) is 0. The number of hydrogen-bond donors (Lipinski definition) is 3. The summed E-state index contributed by atoms with van der Waals surface area (Å²) in [5.41, 5.74) is 0. The van der Waals surface area contributed by atoms with Crippen molar-refractivity contribution in [1.29, 1.82) is 0 Å². The van der Waals surface area contributed by atoms with Crippen molar-refractivity contribution in [2.24, 2.45) is 23.7 Å². The summed E-state index contributed by atoms with van der Waals surface area (Å²) >= 11 is 0. The Bertz CT molecular complexity index is 1800. The van der Waals surface area contributed by atoms with E-state index in [4.69, 9.17) is 37.0 Å². The van der Waals surface area contributed by atoms with Crippen LogP contribution in [0.1, 0.15) is 357 Å². The zero-order chi connectivity index (χ0) is 67.5. The van der Waals surface area contributed by atoms with Gasteiger partial charge in [-0.3, -0.25) is 37.3 Å². The number of phosphoric acid groups is 2. The van der Waals surface area contributed by atoms with E-state index in [1.807, 2.05) is 0 Å². The number of phosphoric ester groups is 2. The molecule has 0 aromatic rings. The van der Waals surface area contributed by atoms with Crippen LogP contribution in [0.3, 0.4) is 0 Å². The molecule has 0 fully saturated rings. The van der Waals surface area contributed by atoms with Crippen LogP contribution in [0.2, 0.25) is 0 Å². The fourth-order valence-electron chi connectivity index (χ4n) is 10.8. The van der Waals surface area contributed by atoms with Crippen LogP contribution in [-0.2, 0) is 65.4 Å². The summed E-state index contributed by atoms with van der Waals surface area (Å²) in [4.78, 5) is 72.5. The molecule has 0 aliphatic carbocycles. The number of aliphatic hydroxyl groups is 1. The van der Waals surface area contributed by atoms with Gasteiger partial charge in [-0.25, -0.2) is 9.13 Å². The number of rotatable bonds is 69. The van der Waals surface area contributed by atoms with Crippen molar-refractivity contribution in [2.45, 2.75) is 375 Å². The van der Waals surface area contributed by atoms with Crippen LogP contribution in [0, 0.1) is 23.7 Å². The van der Waals surface area contributed by atoms with Gasteiger partial charge in [0.05, 0.1) is 26.4 Å². The molecule has 4 unspecified atom stereocenters. The maximum atomic E-state index is 13.0. The predicted molar refractivity (Wildman–Crippen MR) is 367 cm³/mol. The molecule has 0 amide bonds. The quantitative estimate of drug-likeness (QED) is 0.0222. The summed E-state index contributed by atoms with van der Waals surface area (Å²) in [6.45, 7) is 14.0. The van der Waals surface area contributed by atoms with Gasteiger partial charge in [-0.05, 0) is 49.4 Å². The number of hydrogen-bond acceptors (Lipinski definition) is 15.